The highest BCUT2D eigenvalue weighted by atomic mass is 16.5. The summed E-state index contributed by atoms with van der Waals surface area (Å²) >= 11 is 0. The summed E-state index contributed by atoms with van der Waals surface area (Å²) in [6, 6.07) is 9.30. The zero-order chi connectivity index (χ0) is 13.1. The van der Waals surface area contributed by atoms with Crippen LogP contribution in [-0.2, 0) is 0 Å². The molecular formula is C16H25NO. The molecule has 2 heteroatoms. The Morgan fingerprint density at radius 1 is 1.17 bits per heavy atom. The monoisotopic (exact) mass is 247 g/mol. The number of ether oxygens (including phenoxy) is 1. The van der Waals surface area contributed by atoms with Crippen molar-refractivity contribution in [2.45, 2.75) is 39.2 Å². The number of methoxy groups -OCH3 is 1. The molecule has 4 unspecified atom stereocenters. The molecule has 0 heterocycles. The summed E-state index contributed by atoms with van der Waals surface area (Å²) in [6.07, 6.45) is 1.25. The van der Waals surface area contributed by atoms with Crippen molar-refractivity contribution in [3.05, 3.63) is 29.8 Å². The lowest BCUT2D eigenvalue weighted by Crippen LogP contribution is -2.55. The van der Waals surface area contributed by atoms with Gasteiger partial charge in [0.2, 0.25) is 0 Å². The molecule has 4 atom stereocenters. The average molecular weight is 247 g/mol. The fraction of sp³-hybridized carbons (Fsp3) is 0.625. The standard InChI is InChI=1S/C16H25NO/c1-5-14-15(11(3)16(14)17-6-2)12-7-9-13(18-4)10-8-12/h7-11,14-17H,5-6H2,1-4H3. The molecule has 1 aromatic carbocycles. The summed E-state index contributed by atoms with van der Waals surface area (Å²) < 4.78 is 5.23. The number of nitrogens with one attached hydrogen (secondary N) is 1. The van der Waals surface area contributed by atoms with Gasteiger partial charge in [0.25, 0.3) is 0 Å². The zero-order valence-electron chi connectivity index (χ0n) is 11.9. The highest BCUT2D eigenvalue weighted by molar-refractivity contribution is 5.32. The first kappa shape index (κ1) is 13.4. The van der Waals surface area contributed by atoms with E-state index in [0.29, 0.717) is 12.0 Å². The Hall–Kier alpha value is -1.02. The van der Waals surface area contributed by atoms with Crippen LogP contribution in [0.5, 0.6) is 5.75 Å². The fourth-order valence-electron chi connectivity index (χ4n) is 3.54. The Labute approximate surface area is 111 Å². The van der Waals surface area contributed by atoms with Gasteiger partial charge < -0.3 is 10.1 Å². The van der Waals surface area contributed by atoms with Crippen LogP contribution in [-0.4, -0.2) is 19.7 Å². The number of benzene rings is 1. The molecule has 2 rings (SSSR count). The zero-order valence-corrected chi connectivity index (χ0v) is 11.9. The van der Waals surface area contributed by atoms with Gasteiger partial charge in [-0.05, 0) is 42.0 Å². The van der Waals surface area contributed by atoms with Gasteiger partial charge >= 0.3 is 0 Å². The van der Waals surface area contributed by atoms with Crippen molar-refractivity contribution in [1.29, 1.82) is 0 Å². The molecule has 1 aliphatic carbocycles. The van der Waals surface area contributed by atoms with Crippen LogP contribution in [0.4, 0.5) is 0 Å². The van der Waals surface area contributed by atoms with Gasteiger partial charge in [-0.15, -0.1) is 0 Å². The van der Waals surface area contributed by atoms with Gasteiger partial charge in [0.1, 0.15) is 5.75 Å². The molecule has 0 aromatic heterocycles. The second-order valence-corrected chi connectivity index (χ2v) is 5.31. The topological polar surface area (TPSA) is 21.3 Å². The number of hydrogen-bond donors (Lipinski definition) is 1. The van der Waals surface area contributed by atoms with Crippen LogP contribution in [0.2, 0.25) is 0 Å². The van der Waals surface area contributed by atoms with Gasteiger partial charge in [0, 0.05) is 6.04 Å². The van der Waals surface area contributed by atoms with Crippen LogP contribution in [0.1, 0.15) is 38.7 Å². The molecule has 0 bridgehead atoms. The van der Waals surface area contributed by atoms with Crippen molar-refractivity contribution in [2.75, 3.05) is 13.7 Å². The third-order valence-electron chi connectivity index (χ3n) is 4.47. The molecular weight excluding hydrogens is 222 g/mol. The Kier molecular flexibility index (Phi) is 4.28. The van der Waals surface area contributed by atoms with Gasteiger partial charge in [-0.3, -0.25) is 0 Å². The average Bonchev–Trinajstić information content (AvgIpc) is 2.42. The van der Waals surface area contributed by atoms with E-state index in [1.54, 1.807) is 7.11 Å². The molecule has 1 N–H and O–H groups in total. The maximum atomic E-state index is 5.23. The molecule has 0 spiro atoms. The van der Waals surface area contributed by atoms with Gasteiger partial charge in [0.05, 0.1) is 7.11 Å². The van der Waals surface area contributed by atoms with E-state index in [1.165, 1.54) is 12.0 Å². The summed E-state index contributed by atoms with van der Waals surface area (Å²) in [5.74, 6) is 3.14. The van der Waals surface area contributed by atoms with Crippen molar-refractivity contribution in [3.63, 3.8) is 0 Å². The minimum absolute atomic E-state index is 0.687. The van der Waals surface area contributed by atoms with Crippen molar-refractivity contribution in [3.8, 4) is 5.75 Å². The lowest BCUT2D eigenvalue weighted by Gasteiger charge is -2.51. The normalized spacial score (nSPS) is 30.9. The first-order valence-electron chi connectivity index (χ1n) is 7.10. The second-order valence-electron chi connectivity index (χ2n) is 5.31. The molecule has 2 nitrogen and oxygen atoms in total. The van der Waals surface area contributed by atoms with Crippen LogP contribution >= 0.6 is 0 Å². The first-order chi connectivity index (χ1) is 8.72. The van der Waals surface area contributed by atoms with Crippen molar-refractivity contribution in [2.24, 2.45) is 11.8 Å². The van der Waals surface area contributed by atoms with Crippen LogP contribution in [0.3, 0.4) is 0 Å². The fourth-order valence-corrected chi connectivity index (χ4v) is 3.54. The second kappa shape index (κ2) is 5.75. The Bertz CT molecular complexity index is 373. The van der Waals surface area contributed by atoms with Gasteiger partial charge in [-0.1, -0.05) is 39.3 Å². The van der Waals surface area contributed by atoms with Crippen LogP contribution < -0.4 is 10.1 Å². The Balaban J connectivity index is 2.12. The van der Waals surface area contributed by atoms with Gasteiger partial charge in [0.15, 0.2) is 0 Å². The van der Waals surface area contributed by atoms with Crippen molar-refractivity contribution < 1.29 is 4.74 Å². The highest BCUT2D eigenvalue weighted by Crippen LogP contribution is 2.49. The lowest BCUT2D eigenvalue weighted by molar-refractivity contribution is 0.0799. The van der Waals surface area contributed by atoms with Crippen LogP contribution in [0.15, 0.2) is 24.3 Å². The summed E-state index contributed by atoms with van der Waals surface area (Å²) in [7, 11) is 1.72. The Morgan fingerprint density at radius 3 is 2.33 bits per heavy atom. The molecule has 0 saturated heterocycles. The van der Waals surface area contributed by atoms with E-state index in [0.717, 1.165) is 24.1 Å². The van der Waals surface area contributed by atoms with E-state index in [9.17, 15) is 0 Å². The molecule has 0 aliphatic heterocycles. The quantitative estimate of drug-likeness (QED) is 0.860. The SMILES string of the molecule is CCNC1C(C)C(c2ccc(OC)cc2)C1CC. The molecule has 0 radical (unpaired) electrons. The summed E-state index contributed by atoms with van der Waals surface area (Å²) in [4.78, 5) is 0. The maximum Gasteiger partial charge on any atom is 0.118 e. The third kappa shape index (κ3) is 2.26. The third-order valence-corrected chi connectivity index (χ3v) is 4.47. The van der Waals surface area contributed by atoms with E-state index in [1.807, 2.05) is 0 Å². The predicted molar refractivity (Wildman–Crippen MR) is 76.1 cm³/mol. The van der Waals surface area contributed by atoms with Crippen molar-refractivity contribution in [1.82, 2.24) is 5.32 Å². The predicted octanol–water partition coefficient (Wildman–Crippen LogP) is 3.43. The van der Waals surface area contributed by atoms with Crippen molar-refractivity contribution >= 4 is 0 Å². The van der Waals surface area contributed by atoms with Gasteiger partial charge in [-0.2, -0.15) is 0 Å². The molecule has 1 fully saturated rings. The minimum atomic E-state index is 0.687. The van der Waals surface area contributed by atoms with E-state index >= 15 is 0 Å². The summed E-state index contributed by atoms with van der Waals surface area (Å²) in [6.45, 7) is 7.94. The van der Waals surface area contributed by atoms with Crippen LogP contribution in [0, 0.1) is 11.8 Å². The van der Waals surface area contributed by atoms with E-state index in [2.05, 4.69) is 50.4 Å². The first-order valence-corrected chi connectivity index (χ1v) is 7.10. The van der Waals surface area contributed by atoms with E-state index in [-0.39, 0.29) is 0 Å². The molecule has 0 amide bonds. The van der Waals surface area contributed by atoms with Crippen LogP contribution in [0.25, 0.3) is 0 Å². The minimum Gasteiger partial charge on any atom is -0.497 e. The molecule has 1 aliphatic rings. The summed E-state index contributed by atoms with van der Waals surface area (Å²) in [5.41, 5.74) is 1.46. The van der Waals surface area contributed by atoms with E-state index < -0.39 is 0 Å². The molecule has 18 heavy (non-hydrogen) atoms. The lowest BCUT2D eigenvalue weighted by atomic mass is 9.58. The number of hydrogen-bond acceptors (Lipinski definition) is 2. The Morgan fingerprint density at radius 2 is 1.83 bits per heavy atom. The molecule has 1 saturated carbocycles. The molecule has 1 aromatic rings. The summed E-state index contributed by atoms with van der Waals surface area (Å²) in [5, 5.41) is 3.63. The largest absolute Gasteiger partial charge is 0.497 e. The maximum absolute atomic E-state index is 5.23. The van der Waals surface area contributed by atoms with Gasteiger partial charge in [-0.25, -0.2) is 0 Å². The van der Waals surface area contributed by atoms with E-state index in [4.69, 9.17) is 4.74 Å². The smallest absolute Gasteiger partial charge is 0.118 e. The number of rotatable bonds is 5. The highest BCUT2D eigenvalue weighted by Gasteiger charge is 2.46. The molecule has 100 valence electrons.